The second-order valence-electron chi connectivity index (χ2n) is 9.93. The number of amides is 1. The van der Waals surface area contributed by atoms with E-state index in [1.54, 1.807) is 0 Å². The molecule has 15 heteroatoms. The highest BCUT2D eigenvalue weighted by Crippen LogP contribution is 2.54. The zero-order valence-electron chi connectivity index (χ0n) is 20.7. The minimum Gasteiger partial charge on any atom is -0.381 e. The number of benzene rings is 2. The summed E-state index contributed by atoms with van der Waals surface area (Å²) < 4.78 is 139. The highest BCUT2D eigenvalue weighted by atomic mass is 32.2. The molecule has 1 amide bonds. The third-order valence-electron chi connectivity index (χ3n) is 7.56. The third-order valence-corrected chi connectivity index (χ3v) is 10.0. The van der Waals surface area contributed by atoms with Crippen LogP contribution in [0, 0.1) is 5.82 Å². The standard InChI is InChI=1S/C25H24F8N2O4S/c26-18-5-7-19(8-6-18)40(37,38)22(9-12-35(15-22)20(36)21(34)10-13-39-14-11-21)16-1-3-17(4-2-16)23(27,24(28,29)30)25(31,32)33/h1-8H,9-15,34H2/t22-/m0/s1. The fourth-order valence-corrected chi connectivity index (χ4v) is 7.24. The van der Waals surface area contributed by atoms with Gasteiger partial charge in [0.05, 0.1) is 10.4 Å². The van der Waals surface area contributed by atoms with Crippen molar-refractivity contribution >= 4 is 15.7 Å². The van der Waals surface area contributed by atoms with Gasteiger partial charge >= 0.3 is 18.0 Å². The Balaban J connectivity index is 1.81. The van der Waals surface area contributed by atoms with Gasteiger partial charge in [-0.25, -0.2) is 17.2 Å². The zero-order chi connectivity index (χ0) is 29.8. The number of hydrogen-bond donors (Lipinski definition) is 1. The minimum atomic E-state index is -6.36. The first kappa shape index (κ1) is 30.2. The Bertz CT molecular complexity index is 1340. The summed E-state index contributed by atoms with van der Waals surface area (Å²) in [7, 11) is -4.56. The third kappa shape index (κ3) is 4.75. The van der Waals surface area contributed by atoms with Crippen molar-refractivity contribution in [2.24, 2.45) is 5.73 Å². The second kappa shape index (κ2) is 9.94. The Morgan fingerprint density at radius 2 is 1.38 bits per heavy atom. The smallest absolute Gasteiger partial charge is 0.381 e. The van der Waals surface area contributed by atoms with Gasteiger partial charge < -0.3 is 15.4 Å². The molecule has 0 unspecified atom stereocenters. The number of rotatable bonds is 5. The first-order valence-corrected chi connectivity index (χ1v) is 13.5. The van der Waals surface area contributed by atoms with Crippen LogP contribution in [-0.2, 0) is 29.8 Å². The lowest BCUT2D eigenvalue weighted by molar-refractivity contribution is -0.348. The van der Waals surface area contributed by atoms with Gasteiger partial charge in [-0.2, -0.15) is 26.3 Å². The second-order valence-corrected chi connectivity index (χ2v) is 12.2. The molecular formula is C25H24F8N2O4S. The maximum absolute atomic E-state index is 14.6. The van der Waals surface area contributed by atoms with Crippen molar-refractivity contribution < 1.29 is 53.1 Å². The van der Waals surface area contributed by atoms with Gasteiger partial charge in [0.2, 0.25) is 5.91 Å². The monoisotopic (exact) mass is 600 g/mol. The number of likely N-dealkylation sites (tertiary alicyclic amines) is 1. The molecule has 6 nitrogen and oxygen atoms in total. The molecule has 0 saturated carbocycles. The Hall–Kier alpha value is -2.78. The van der Waals surface area contributed by atoms with Crippen molar-refractivity contribution in [3.8, 4) is 0 Å². The summed E-state index contributed by atoms with van der Waals surface area (Å²) in [6.45, 7) is -0.358. The van der Waals surface area contributed by atoms with Gasteiger partial charge in [0.15, 0.2) is 9.84 Å². The molecule has 0 aromatic heterocycles. The Morgan fingerprint density at radius 3 is 1.88 bits per heavy atom. The average molecular weight is 601 g/mol. The normalized spacial score (nSPS) is 22.4. The molecule has 40 heavy (non-hydrogen) atoms. The number of carbonyl (C=O) groups excluding carboxylic acids is 1. The van der Waals surface area contributed by atoms with E-state index >= 15 is 0 Å². The molecule has 4 rings (SSSR count). The summed E-state index contributed by atoms with van der Waals surface area (Å²) in [5.41, 5.74) is -2.87. The van der Waals surface area contributed by atoms with Crippen LogP contribution in [0.2, 0.25) is 0 Å². The predicted molar refractivity (Wildman–Crippen MR) is 125 cm³/mol. The van der Waals surface area contributed by atoms with E-state index in [4.69, 9.17) is 10.5 Å². The molecule has 0 spiro atoms. The molecule has 1 atom stereocenters. The predicted octanol–water partition coefficient (Wildman–Crippen LogP) is 4.52. The summed E-state index contributed by atoms with van der Waals surface area (Å²) in [5.74, 6) is -1.36. The molecule has 2 aromatic carbocycles. The van der Waals surface area contributed by atoms with Gasteiger partial charge in [-0.15, -0.1) is 0 Å². The summed E-state index contributed by atoms with van der Waals surface area (Å²) in [5, 5.41) is 0. The number of nitrogens with two attached hydrogens (primary N) is 1. The van der Waals surface area contributed by atoms with E-state index in [0.29, 0.717) is 12.1 Å². The molecule has 2 aromatic rings. The van der Waals surface area contributed by atoms with Crippen LogP contribution in [0.3, 0.4) is 0 Å². The molecule has 2 heterocycles. The lowest BCUT2D eigenvalue weighted by atomic mass is 9.89. The number of carbonyl (C=O) groups is 1. The number of ether oxygens (including phenoxy) is 1. The highest BCUT2D eigenvalue weighted by molar-refractivity contribution is 7.92. The molecule has 0 aliphatic carbocycles. The van der Waals surface area contributed by atoms with Crippen LogP contribution in [0.1, 0.15) is 30.4 Å². The lowest BCUT2D eigenvalue weighted by Gasteiger charge is -2.36. The molecule has 220 valence electrons. The summed E-state index contributed by atoms with van der Waals surface area (Å²) in [6, 6.07) is 5.43. The van der Waals surface area contributed by atoms with Crippen molar-refractivity contribution in [1.29, 1.82) is 0 Å². The molecule has 0 bridgehead atoms. The maximum atomic E-state index is 14.6. The number of alkyl halides is 7. The van der Waals surface area contributed by atoms with Crippen molar-refractivity contribution in [2.75, 3.05) is 26.3 Å². The van der Waals surface area contributed by atoms with Crippen LogP contribution in [0.15, 0.2) is 53.4 Å². The molecule has 2 aliphatic heterocycles. The van der Waals surface area contributed by atoms with E-state index in [1.165, 1.54) is 4.90 Å². The van der Waals surface area contributed by atoms with Gasteiger partial charge in [0, 0.05) is 31.9 Å². The Morgan fingerprint density at radius 1 is 0.850 bits per heavy atom. The minimum absolute atomic E-state index is 0.141. The SMILES string of the molecule is NC1(C(=O)N2CC[C@](c3ccc(C(F)(C(F)(F)F)C(F)(F)F)cc3)(S(=O)(=O)c3ccc(F)cc3)C2)CCOCC1. The van der Waals surface area contributed by atoms with Crippen LogP contribution in [0.25, 0.3) is 0 Å². The van der Waals surface area contributed by atoms with Crippen molar-refractivity contribution in [2.45, 2.75) is 52.5 Å². The number of hydrogen-bond acceptors (Lipinski definition) is 5. The van der Waals surface area contributed by atoms with Gasteiger partial charge in [0.1, 0.15) is 10.6 Å². The van der Waals surface area contributed by atoms with Gasteiger partial charge in [-0.05, 0) is 49.1 Å². The maximum Gasteiger partial charge on any atom is 0.435 e. The molecule has 2 aliphatic rings. The van der Waals surface area contributed by atoms with Crippen molar-refractivity contribution in [1.82, 2.24) is 4.90 Å². The molecule has 0 radical (unpaired) electrons. The largest absolute Gasteiger partial charge is 0.435 e. The average Bonchev–Trinajstić information content (AvgIpc) is 3.34. The fourth-order valence-electron chi connectivity index (χ4n) is 5.16. The van der Waals surface area contributed by atoms with Gasteiger partial charge in [0.25, 0.3) is 0 Å². The van der Waals surface area contributed by atoms with E-state index in [2.05, 4.69) is 0 Å². The van der Waals surface area contributed by atoms with E-state index in [1.807, 2.05) is 0 Å². The summed E-state index contributed by atoms with van der Waals surface area (Å²) in [4.78, 5) is 14.1. The summed E-state index contributed by atoms with van der Waals surface area (Å²) >= 11 is 0. The first-order valence-electron chi connectivity index (χ1n) is 12.0. The van der Waals surface area contributed by atoms with Crippen LogP contribution in [-0.4, -0.2) is 63.4 Å². The number of sulfone groups is 1. The van der Waals surface area contributed by atoms with Crippen molar-refractivity contribution in [3.05, 3.63) is 65.5 Å². The molecule has 2 N–H and O–H groups in total. The van der Waals surface area contributed by atoms with Crippen LogP contribution in [0.5, 0.6) is 0 Å². The number of nitrogens with zero attached hydrogens (tertiary/aromatic N) is 1. The quantitative estimate of drug-likeness (QED) is 0.403. The molecule has 2 fully saturated rings. The van der Waals surface area contributed by atoms with Gasteiger partial charge in [-0.3, -0.25) is 4.79 Å². The molecular weight excluding hydrogens is 576 g/mol. The van der Waals surface area contributed by atoms with Crippen LogP contribution < -0.4 is 5.73 Å². The van der Waals surface area contributed by atoms with Crippen LogP contribution in [0.4, 0.5) is 35.1 Å². The fraction of sp³-hybridized carbons (Fsp3) is 0.480. The Kier molecular flexibility index (Phi) is 7.50. The number of halogens is 8. The van der Waals surface area contributed by atoms with E-state index in [9.17, 15) is 48.3 Å². The van der Waals surface area contributed by atoms with E-state index in [0.717, 1.165) is 24.3 Å². The zero-order valence-corrected chi connectivity index (χ0v) is 21.5. The van der Waals surface area contributed by atoms with Gasteiger partial charge in [-0.1, -0.05) is 24.3 Å². The van der Waals surface area contributed by atoms with E-state index < -0.39 is 66.9 Å². The Labute approximate surface area is 224 Å². The highest BCUT2D eigenvalue weighted by Gasteiger charge is 2.73. The topological polar surface area (TPSA) is 89.7 Å². The molecule has 2 saturated heterocycles. The van der Waals surface area contributed by atoms with Crippen molar-refractivity contribution in [3.63, 3.8) is 0 Å². The van der Waals surface area contributed by atoms with Crippen LogP contribution >= 0.6 is 0 Å². The lowest BCUT2D eigenvalue weighted by Crippen LogP contribution is -2.58. The first-order chi connectivity index (χ1) is 18.4. The summed E-state index contributed by atoms with van der Waals surface area (Å²) in [6.07, 6.45) is -12.8. The van der Waals surface area contributed by atoms with E-state index in [-0.39, 0.29) is 56.7 Å².